The number of hydrogen-bond donors (Lipinski definition) is 0. The smallest absolute Gasteiger partial charge is 0.345 e. The van der Waals surface area contributed by atoms with Gasteiger partial charge in [0.1, 0.15) is 0 Å². The average molecular weight is 233 g/mol. The molecule has 0 spiro atoms. The lowest BCUT2D eigenvalue weighted by molar-refractivity contribution is -0.154. The summed E-state index contributed by atoms with van der Waals surface area (Å²) in [5, 5.41) is 0. The molecule has 1 aliphatic heterocycles. The van der Waals surface area contributed by atoms with Gasteiger partial charge in [0.05, 0.1) is 17.9 Å². The van der Waals surface area contributed by atoms with Gasteiger partial charge in [0.15, 0.2) is 0 Å². The Morgan fingerprint density at radius 3 is 2.53 bits per heavy atom. The highest BCUT2D eigenvalue weighted by Crippen LogP contribution is 2.31. The maximum Gasteiger partial charge on any atom is 0.345 e. The molecule has 2 unspecified atom stereocenters. The summed E-state index contributed by atoms with van der Waals surface area (Å²) >= 11 is 0. The predicted molar refractivity (Wildman–Crippen MR) is 55.4 cm³/mol. The van der Waals surface area contributed by atoms with Gasteiger partial charge in [0.2, 0.25) is 10.8 Å². The molecule has 1 aliphatic rings. The van der Waals surface area contributed by atoms with Crippen LogP contribution in [0.3, 0.4) is 0 Å². The zero-order chi connectivity index (χ0) is 11.6. The largest absolute Gasteiger partial charge is 0.467 e. The summed E-state index contributed by atoms with van der Waals surface area (Å²) < 4.78 is 16.5. The van der Waals surface area contributed by atoms with Gasteiger partial charge in [0, 0.05) is 19.2 Å². The second-order valence-electron chi connectivity index (χ2n) is 3.35. The second-order valence-corrected chi connectivity index (χ2v) is 5.12. The lowest BCUT2D eigenvalue weighted by Crippen LogP contribution is -2.54. The molecule has 1 rings (SSSR count). The zero-order valence-corrected chi connectivity index (χ0v) is 9.93. The Hall–Kier alpha value is -0.910. The first kappa shape index (κ1) is 12.2. The molecule has 1 fully saturated rings. The summed E-state index contributed by atoms with van der Waals surface area (Å²) in [6.45, 7) is 3.46. The van der Waals surface area contributed by atoms with E-state index in [1.165, 1.54) is 18.9 Å². The van der Waals surface area contributed by atoms with Gasteiger partial charge in [-0.25, -0.2) is 4.79 Å². The second kappa shape index (κ2) is 4.30. The van der Waals surface area contributed by atoms with E-state index < -0.39 is 21.6 Å². The van der Waals surface area contributed by atoms with E-state index in [9.17, 15) is 13.8 Å². The minimum atomic E-state index is -1.37. The van der Waals surface area contributed by atoms with Crippen LogP contribution in [0.25, 0.3) is 0 Å². The van der Waals surface area contributed by atoms with Crippen molar-refractivity contribution < 1.29 is 18.5 Å². The molecular weight excluding hydrogens is 218 g/mol. The van der Waals surface area contributed by atoms with Crippen LogP contribution in [0.15, 0.2) is 0 Å². The van der Waals surface area contributed by atoms with Gasteiger partial charge < -0.3 is 9.64 Å². The zero-order valence-electron chi connectivity index (χ0n) is 9.11. The molecule has 0 aliphatic carbocycles. The van der Waals surface area contributed by atoms with Crippen LogP contribution in [0, 0.1) is 0 Å². The van der Waals surface area contributed by atoms with E-state index in [1.54, 1.807) is 6.92 Å². The third-order valence-corrected chi connectivity index (χ3v) is 4.66. The Kier molecular flexibility index (Phi) is 3.49. The number of methoxy groups -OCH3 is 1. The number of rotatable bonds is 2. The van der Waals surface area contributed by atoms with E-state index >= 15 is 0 Å². The Balaban J connectivity index is 3.17. The lowest BCUT2D eigenvalue weighted by atomic mass is 10.2. The number of nitrogens with zero attached hydrogens (tertiary/aromatic N) is 1. The molecule has 6 heteroatoms. The fourth-order valence-corrected chi connectivity index (χ4v) is 3.66. The van der Waals surface area contributed by atoms with Gasteiger partial charge in [-0.1, -0.05) is 6.92 Å². The van der Waals surface area contributed by atoms with Crippen molar-refractivity contribution in [1.82, 2.24) is 4.90 Å². The van der Waals surface area contributed by atoms with Crippen LogP contribution in [-0.2, 0) is 25.1 Å². The molecule has 15 heavy (non-hydrogen) atoms. The summed E-state index contributed by atoms with van der Waals surface area (Å²) in [4.78, 5) is 23.1. The third-order valence-electron chi connectivity index (χ3n) is 2.68. The topological polar surface area (TPSA) is 63.7 Å². The van der Waals surface area contributed by atoms with E-state index in [4.69, 9.17) is 0 Å². The standard InChI is InChI=1S/C9H15NO4S/c1-4-9(8(12)14-3)10(7(2)11)5-6-15(9)13/h4-6H2,1-3H3. The van der Waals surface area contributed by atoms with E-state index in [2.05, 4.69) is 4.74 Å². The maximum atomic E-state index is 11.9. The van der Waals surface area contributed by atoms with Crippen LogP contribution < -0.4 is 0 Å². The van der Waals surface area contributed by atoms with Crippen molar-refractivity contribution in [1.29, 1.82) is 0 Å². The number of carbonyl (C=O) groups excluding carboxylic acids is 2. The molecule has 86 valence electrons. The van der Waals surface area contributed by atoms with Crippen molar-refractivity contribution >= 4 is 22.7 Å². The van der Waals surface area contributed by atoms with Crippen molar-refractivity contribution in [2.24, 2.45) is 0 Å². The number of carbonyl (C=O) groups is 2. The first-order chi connectivity index (χ1) is 7.00. The fraction of sp³-hybridized carbons (Fsp3) is 0.778. The summed E-state index contributed by atoms with van der Waals surface area (Å²) in [5.74, 6) is -0.494. The first-order valence-corrected chi connectivity index (χ1v) is 6.07. The highest BCUT2D eigenvalue weighted by molar-refractivity contribution is 7.87. The van der Waals surface area contributed by atoms with Crippen LogP contribution in [0.4, 0.5) is 0 Å². The van der Waals surface area contributed by atoms with Crippen molar-refractivity contribution in [2.45, 2.75) is 25.1 Å². The normalized spacial score (nSPS) is 30.3. The summed E-state index contributed by atoms with van der Waals surface area (Å²) in [6, 6.07) is 0. The summed E-state index contributed by atoms with van der Waals surface area (Å²) in [7, 11) is -0.126. The van der Waals surface area contributed by atoms with Crippen LogP contribution in [0.2, 0.25) is 0 Å². The number of amides is 1. The number of esters is 1. The Labute approximate surface area is 91.2 Å². The van der Waals surface area contributed by atoms with Gasteiger partial charge in [-0.15, -0.1) is 0 Å². The molecule has 0 N–H and O–H groups in total. The quantitative estimate of drug-likeness (QED) is 0.624. The Bertz CT molecular complexity index is 317. The highest BCUT2D eigenvalue weighted by Gasteiger charge is 2.54. The highest BCUT2D eigenvalue weighted by atomic mass is 32.2. The SMILES string of the molecule is CCC1(C(=O)OC)N(C(C)=O)CCS1=O. The molecule has 0 bridgehead atoms. The van der Waals surface area contributed by atoms with E-state index in [0.717, 1.165) is 0 Å². The van der Waals surface area contributed by atoms with Gasteiger partial charge in [-0.3, -0.25) is 9.00 Å². The first-order valence-electron chi connectivity index (χ1n) is 4.75. The van der Waals surface area contributed by atoms with E-state index in [1.807, 2.05) is 0 Å². The monoisotopic (exact) mass is 233 g/mol. The van der Waals surface area contributed by atoms with Gasteiger partial charge in [0.25, 0.3) is 0 Å². The van der Waals surface area contributed by atoms with E-state index in [-0.39, 0.29) is 5.91 Å². The number of hydrogen-bond acceptors (Lipinski definition) is 4. The minimum Gasteiger partial charge on any atom is -0.467 e. The molecule has 0 radical (unpaired) electrons. The summed E-state index contributed by atoms with van der Waals surface area (Å²) in [5.41, 5.74) is 0. The van der Waals surface area contributed by atoms with Gasteiger partial charge in [-0.05, 0) is 6.42 Å². The third kappa shape index (κ3) is 1.67. The average Bonchev–Trinajstić information content (AvgIpc) is 2.55. The maximum absolute atomic E-state index is 11.9. The van der Waals surface area contributed by atoms with Crippen molar-refractivity contribution in [3.8, 4) is 0 Å². The van der Waals surface area contributed by atoms with Gasteiger partial charge >= 0.3 is 5.97 Å². The van der Waals surface area contributed by atoms with Crippen molar-refractivity contribution in [2.75, 3.05) is 19.4 Å². The molecule has 1 heterocycles. The minimum absolute atomic E-state index is 0.242. The molecular formula is C9H15NO4S. The van der Waals surface area contributed by atoms with Crippen molar-refractivity contribution in [3.05, 3.63) is 0 Å². The van der Waals surface area contributed by atoms with Gasteiger partial charge in [-0.2, -0.15) is 0 Å². The summed E-state index contributed by atoms with van der Waals surface area (Å²) in [6.07, 6.45) is 0.311. The molecule has 0 aromatic rings. The molecule has 0 aromatic carbocycles. The Morgan fingerprint density at radius 1 is 1.53 bits per heavy atom. The van der Waals surface area contributed by atoms with Crippen LogP contribution in [0.5, 0.6) is 0 Å². The van der Waals surface area contributed by atoms with Crippen LogP contribution in [0.1, 0.15) is 20.3 Å². The Morgan fingerprint density at radius 2 is 2.13 bits per heavy atom. The fourth-order valence-electron chi connectivity index (χ4n) is 1.92. The molecule has 0 aromatic heterocycles. The lowest BCUT2D eigenvalue weighted by Gasteiger charge is -2.32. The molecule has 1 saturated heterocycles. The van der Waals surface area contributed by atoms with Crippen LogP contribution >= 0.6 is 0 Å². The predicted octanol–water partition coefficient (Wildman–Crippen LogP) is -0.124. The molecule has 5 nitrogen and oxygen atoms in total. The molecule has 2 atom stereocenters. The van der Waals surface area contributed by atoms with Crippen molar-refractivity contribution in [3.63, 3.8) is 0 Å². The molecule has 1 amide bonds. The number of ether oxygens (including phenoxy) is 1. The molecule has 0 saturated carbocycles. The van der Waals surface area contributed by atoms with E-state index in [0.29, 0.717) is 18.7 Å². The van der Waals surface area contributed by atoms with Crippen LogP contribution in [-0.4, -0.2) is 45.3 Å².